The Labute approximate surface area is 117 Å². The first-order valence-electron chi connectivity index (χ1n) is 6.97. The number of urea groups is 1. The van der Waals surface area contributed by atoms with Crippen molar-refractivity contribution < 1.29 is 19.5 Å². The molecule has 1 unspecified atom stereocenters. The van der Waals surface area contributed by atoms with Crippen molar-refractivity contribution in [3.05, 3.63) is 0 Å². The minimum absolute atomic E-state index is 0.0751. The van der Waals surface area contributed by atoms with Gasteiger partial charge in [-0.3, -0.25) is 9.59 Å². The lowest BCUT2D eigenvalue weighted by molar-refractivity contribution is -0.142. The van der Waals surface area contributed by atoms with Gasteiger partial charge in [-0.2, -0.15) is 0 Å². The Morgan fingerprint density at radius 2 is 1.90 bits per heavy atom. The Morgan fingerprint density at radius 1 is 1.25 bits per heavy atom. The van der Waals surface area contributed by atoms with Crippen LogP contribution >= 0.6 is 0 Å². The third kappa shape index (κ3) is 3.40. The summed E-state index contributed by atoms with van der Waals surface area (Å²) in [6.45, 7) is 4.04. The van der Waals surface area contributed by atoms with Crippen LogP contribution in [-0.4, -0.2) is 53.1 Å². The summed E-state index contributed by atoms with van der Waals surface area (Å²) >= 11 is 0. The third-order valence-corrected chi connectivity index (χ3v) is 3.87. The summed E-state index contributed by atoms with van der Waals surface area (Å²) < 4.78 is 0. The number of carboxylic acids is 1. The molecule has 2 rings (SSSR count). The molecule has 20 heavy (non-hydrogen) atoms. The summed E-state index contributed by atoms with van der Waals surface area (Å²) in [6, 6.07) is -0.730. The second kappa shape index (κ2) is 5.68. The van der Waals surface area contributed by atoms with Crippen molar-refractivity contribution in [1.82, 2.24) is 15.5 Å². The average molecular weight is 283 g/mol. The summed E-state index contributed by atoms with van der Waals surface area (Å²) in [7, 11) is 0. The quantitative estimate of drug-likeness (QED) is 0.677. The highest BCUT2D eigenvalue weighted by molar-refractivity contribution is 5.87. The van der Waals surface area contributed by atoms with Crippen molar-refractivity contribution in [2.45, 2.75) is 38.8 Å². The molecule has 3 amide bonds. The zero-order valence-electron chi connectivity index (χ0n) is 11.8. The molecular weight excluding hydrogens is 262 g/mol. The van der Waals surface area contributed by atoms with Gasteiger partial charge in [-0.1, -0.05) is 6.92 Å². The number of nitrogens with zero attached hydrogens (tertiary/aromatic N) is 1. The molecule has 2 fully saturated rings. The maximum atomic E-state index is 12.0. The number of carbonyl (C=O) groups excluding carboxylic acids is 2. The van der Waals surface area contributed by atoms with Crippen LogP contribution in [0.25, 0.3) is 0 Å². The normalized spacial score (nSPS) is 27.0. The first-order valence-corrected chi connectivity index (χ1v) is 6.97. The number of aliphatic carboxylic acids is 1. The molecule has 1 saturated heterocycles. The van der Waals surface area contributed by atoms with Gasteiger partial charge in [0, 0.05) is 19.1 Å². The van der Waals surface area contributed by atoms with E-state index in [0.29, 0.717) is 6.54 Å². The highest BCUT2D eigenvalue weighted by atomic mass is 16.4. The first kappa shape index (κ1) is 14.6. The largest absolute Gasteiger partial charge is 0.481 e. The summed E-state index contributed by atoms with van der Waals surface area (Å²) in [6.07, 6.45) is 1.99. The molecule has 0 bridgehead atoms. The van der Waals surface area contributed by atoms with Crippen molar-refractivity contribution >= 4 is 17.9 Å². The molecule has 0 spiro atoms. The zero-order chi connectivity index (χ0) is 14.9. The molecule has 2 aliphatic rings. The van der Waals surface area contributed by atoms with E-state index in [9.17, 15) is 14.4 Å². The highest BCUT2D eigenvalue weighted by Gasteiger charge is 2.37. The molecule has 7 nitrogen and oxygen atoms in total. The maximum absolute atomic E-state index is 12.0. The van der Waals surface area contributed by atoms with Crippen molar-refractivity contribution in [3.8, 4) is 0 Å². The number of nitrogens with one attached hydrogen (secondary N) is 2. The number of carbonyl (C=O) groups is 3. The molecule has 1 heterocycles. The van der Waals surface area contributed by atoms with Crippen molar-refractivity contribution in [2.24, 2.45) is 11.8 Å². The lowest BCUT2D eigenvalue weighted by Gasteiger charge is -2.20. The Morgan fingerprint density at radius 3 is 2.40 bits per heavy atom. The van der Waals surface area contributed by atoms with E-state index in [1.165, 1.54) is 4.90 Å². The Bertz CT molecular complexity index is 422. The summed E-state index contributed by atoms with van der Waals surface area (Å²) in [5.41, 5.74) is 0. The average Bonchev–Trinajstić information content (AvgIpc) is 3.08. The van der Waals surface area contributed by atoms with Crippen LogP contribution in [0.4, 0.5) is 4.79 Å². The van der Waals surface area contributed by atoms with E-state index < -0.39 is 17.9 Å². The van der Waals surface area contributed by atoms with Crippen LogP contribution in [0, 0.1) is 11.8 Å². The summed E-state index contributed by atoms with van der Waals surface area (Å²) in [4.78, 5) is 36.2. The maximum Gasteiger partial charge on any atom is 0.318 e. The molecule has 1 aliphatic carbocycles. The minimum atomic E-state index is -0.882. The van der Waals surface area contributed by atoms with Gasteiger partial charge in [0.2, 0.25) is 5.91 Å². The Kier molecular flexibility index (Phi) is 4.15. The van der Waals surface area contributed by atoms with Crippen LogP contribution in [0.2, 0.25) is 0 Å². The number of hydrogen-bond acceptors (Lipinski definition) is 3. The summed E-state index contributed by atoms with van der Waals surface area (Å²) in [5, 5.41) is 14.5. The van der Waals surface area contributed by atoms with Crippen LogP contribution in [0.15, 0.2) is 0 Å². The molecule has 0 aromatic rings. The van der Waals surface area contributed by atoms with Crippen LogP contribution in [-0.2, 0) is 9.59 Å². The van der Waals surface area contributed by atoms with Gasteiger partial charge < -0.3 is 20.6 Å². The summed E-state index contributed by atoms with van der Waals surface area (Å²) in [5.74, 6) is -1.68. The fourth-order valence-electron chi connectivity index (χ4n) is 2.35. The number of hydrogen-bond donors (Lipinski definition) is 3. The van der Waals surface area contributed by atoms with E-state index in [-0.39, 0.29) is 30.4 Å². The molecule has 112 valence electrons. The van der Waals surface area contributed by atoms with Crippen LogP contribution < -0.4 is 10.6 Å². The number of amides is 3. The van der Waals surface area contributed by atoms with E-state index in [0.717, 1.165) is 12.8 Å². The molecular formula is C13H21N3O4. The van der Waals surface area contributed by atoms with Gasteiger partial charge in [0.1, 0.15) is 6.04 Å². The van der Waals surface area contributed by atoms with Crippen molar-refractivity contribution in [2.75, 3.05) is 13.1 Å². The molecule has 3 atom stereocenters. The molecule has 1 aliphatic heterocycles. The number of carboxylic acid groups (broad SMARTS) is 1. The lowest BCUT2D eigenvalue weighted by atomic mass is 9.99. The molecule has 0 aromatic carbocycles. The fraction of sp³-hybridized carbons (Fsp3) is 0.769. The van der Waals surface area contributed by atoms with E-state index in [1.54, 1.807) is 6.92 Å². The Balaban J connectivity index is 1.82. The van der Waals surface area contributed by atoms with Crippen molar-refractivity contribution in [3.63, 3.8) is 0 Å². The molecule has 3 N–H and O–H groups in total. The van der Waals surface area contributed by atoms with E-state index in [1.807, 2.05) is 6.92 Å². The molecule has 7 heteroatoms. The number of rotatable bonds is 4. The second-order valence-corrected chi connectivity index (χ2v) is 5.78. The van der Waals surface area contributed by atoms with Gasteiger partial charge in [-0.05, 0) is 25.7 Å². The first-order chi connectivity index (χ1) is 9.38. The lowest BCUT2D eigenvalue weighted by Crippen LogP contribution is -2.49. The monoisotopic (exact) mass is 283 g/mol. The standard InChI is InChI=1S/C13H21N3O4/c1-7-5-16(6-10(7)12(18)19)13(20)14-8(2)11(17)15-9-3-4-9/h7-10H,3-6H2,1-2H3,(H,14,20)(H,15,17)(H,18,19)/t7-,8?,10-/m1/s1. The third-order valence-electron chi connectivity index (χ3n) is 3.87. The van der Waals surface area contributed by atoms with Crippen LogP contribution in [0.3, 0.4) is 0 Å². The molecule has 1 saturated carbocycles. The van der Waals surface area contributed by atoms with Crippen LogP contribution in [0.1, 0.15) is 26.7 Å². The van der Waals surface area contributed by atoms with Crippen LogP contribution in [0.5, 0.6) is 0 Å². The van der Waals surface area contributed by atoms with Gasteiger partial charge in [-0.25, -0.2) is 4.79 Å². The second-order valence-electron chi connectivity index (χ2n) is 5.78. The van der Waals surface area contributed by atoms with Gasteiger partial charge in [-0.15, -0.1) is 0 Å². The van der Waals surface area contributed by atoms with Gasteiger partial charge in [0.15, 0.2) is 0 Å². The predicted octanol–water partition coefficient (Wildman–Crippen LogP) is 0.0156. The zero-order valence-corrected chi connectivity index (χ0v) is 11.8. The SMILES string of the molecule is CC(NC(=O)N1C[C@@H](C)[C@H](C(=O)O)C1)C(=O)NC1CC1. The molecule has 0 aromatic heterocycles. The smallest absolute Gasteiger partial charge is 0.318 e. The molecule has 0 radical (unpaired) electrons. The van der Waals surface area contributed by atoms with Gasteiger partial charge >= 0.3 is 12.0 Å². The minimum Gasteiger partial charge on any atom is -0.481 e. The van der Waals surface area contributed by atoms with E-state index in [2.05, 4.69) is 10.6 Å². The fourth-order valence-corrected chi connectivity index (χ4v) is 2.35. The number of likely N-dealkylation sites (tertiary alicyclic amines) is 1. The predicted molar refractivity (Wildman–Crippen MR) is 71.0 cm³/mol. The highest BCUT2D eigenvalue weighted by Crippen LogP contribution is 2.23. The van der Waals surface area contributed by atoms with E-state index in [4.69, 9.17) is 5.11 Å². The Hall–Kier alpha value is -1.79. The van der Waals surface area contributed by atoms with Gasteiger partial charge in [0.25, 0.3) is 0 Å². The van der Waals surface area contributed by atoms with Crippen molar-refractivity contribution in [1.29, 1.82) is 0 Å². The topological polar surface area (TPSA) is 98.7 Å². The van der Waals surface area contributed by atoms with E-state index >= 15 is 0 Å². The van der Waals surface area contributed by atoms with Gasteiger partial charge in [0.05, 0.1) is 5.92 Å².